The number of morpholine rings is 1. The average Bonchev–Trinajstić information content (AvgIpc) is 2.72. The predicted molar refractivity (Wildman–Crippen MR) is 109 cm³/mol. The number of hydrogen-bond donors (Lipinski definition) is 1. The van der Waals surface area contributed by atoms with Crippen LogP contribution in [0.5, 0.6) is 0 Å². The fourth-order valence-electron chi connectivity index (χ4n) is 3.01. The monoisotopic (exact) mass is 359 g/mol. The zero-order valence-corrected chi connectivity index (χ0v) is 16.2. The third kappa shape index (κ3) is 6.04. The normalized spacial score (nSPS) is 23.4. The molecule has 0 aromatic rings. The van der Waals surface area contributed by atoms with Gasteiger partial charge in [-0.05, 0) is 37.0 Å². The van der Waals surface area contributed by atoms with Crippen LogP contribution in [0.4, 0.5) is 0 Å². The van der Waals surface area contributed by atoms with Crippen molar-refractivity contribution in [2.24, 2.45) is 5.92 Å². The highest BCUT2D eigenvalue weighted by Crippen LogP contribution is 2.33. The van der Waals surface area contributed by atoms with Crippen LogP contribution in [0, 0.1) is 5.92 Å². The number of ether oxygens (including phenoxy) is 2. The molecule has 0 spiro atoms. The Balaban J connectivity index is 0.00000163. The van der Waals surface area contributed by atoms with Gasteiger partial charge in [-0.1, -0.05) is 37.0 Å². The first kappa shape index (κ1) is 22.0. The molecule has 4 heteroatoms. The van der Waals surface area contributed by atoms with Crippen LogP contribution in [0.25, 0.3) is 0 Å². The Morgan fingerprint density at radius 3 is 2.58 bits per heavy atom. The molecule has 2 atom stereocenters. The molecule has 0 aromatic carbocycles. The Labute approximate surface area is 158 Å². The quantitative estimate of drug-likeness (QED) is 0.551. The maximum absolute atomic E-state index is 7.00. The van der Waals surface area contributed by atoms with Crippen molar-refractivity contribution in [1.82, 2.24) is 4.90 Å². The first-order valence-corrected chi connectivity index (χ1v) is 9.11. The number of hydrogen-bond acceptors (Lipinski definition) is 4. The summed E-state index contributed by atoms with van der Waals surface area (Å²) in [5.41, 5.74) is 2.11. The molecule has 4 nitrogen and oxygen atoms in total. The number of aliphatic hydroxyl groups excluding tert-OH is 1. The summed E-state index contributed by atoms with van der Waals surface area (Å²) in [4.78, 5) is 2.26. The standard InChI is InChI=1S/C21H29NO2.CH4O/c1-5-8-9-10-18(6-2)17(4)21-19(7-3)11-12-20(24-21)22-13-15-23-16-14-22;1-2/h5-7,9-10,12,19,21H,1,3-4,8,11,13-16H2,2H3;2H,1H3/b10-9?,18-6+;. The van der Waals surface area contributed by atoms with Gasteiger partial charge in [-0.2, -0.15) is 0 Å². The molecular formula is C22H33NO3. The summed E-state index contributed by atoms with van der Waals surface area (Å²) in [5, 5.41) is 7.00. The molecule has 0 aromatic heterocycles. The molecule has 0 aliphatic carbocycles. The van der Waals surface area contributed by atoms with E-state index in [-0.39, 0.29) is 12.0 Å². The van der Waals surface area contributed by atoms with E-state index in [2.05, 4.69) is 48.9 Å². The molecule has 2 aliphatic rings. The van der Waals surface area contributed by atoms with Crippen LogP contribution in [-0.2, 0) is 9.47 Å². The lowest BCUT2D eigenvalue weighted by atomic mass is 9.87. The van der Waals surface area contributed by atoms with Gasteiger partial charge in [-0.25, -0.2) is 0 Å². The van der Waals surface area contributed by atoms with Gasteiger partial charge >= 0.3 is 0 Å². The predicted octanol–water partition coefficient (Wildman–Crippen LogP) is 3.99. The first-order chi connectivity index (χ1) is 12.7. The Bertz CT molecular complexity index is 554. The van der Waals surface area contributed by atoms with Gasteiger partial charge in [-0.15, -0.1) is 13.2 Å². The summed E-state index contributed by atoms with van der Waals surface area (Å²) in [6.45, 7) is 17.3. The minimum atomic E-state index is -0.0788. The zero-order chi connectivity index (χ0) is 19.4. The molecule has 0 bridgehead atoms. The van der Waals surface area contributed by atoms with E-state index in [0.717, 1.165) is 63.3 Å². The van der Waals surface area contributed by atoms with E-state index < -0.39 is 0 Å². The minimum absolute atomic E-state index is 0.0788. The summed E-state index contributed by atoms with van der Waals surface area (Å²) in [5.74, 6) is 1.19. The van der Waals surface area contributed by atoms with Crippen molar-refractivity contribution >= 4 is 0 Å². The SMILES string of the molecule is C=CCC=C/C(=C\C)C(=C)C1OC(N2CCOCC2)=CCC1C=C.CO. The molecule has 1 fully saturated rings. The lowest BCUT2D eigenvalue weighted by Gasteiger charge is -2.38. The third-order valence-electron chi connectivity index (χ3n) is 4.45. The highest BCUT2D eigenvalue weighted by Gasteiger charge is 2.30. The minimum Gasteiger partial charge on any atom is -0.471 e. The van der Waals surface area contributed by atoms with Gasteiger partial charge in [0.15, 0.2) is 5.88 Å². The van der Waals surface area contributed by atoms with Crippen molar-refractivity contribution in [3.8, 4) is 0 Å². The maximum atomic E-state index is 7.00. The van der Waals surface area contributed by atoms with Crippen molar-refractivity contribution in [3.63, 3.8) is 0 Å². The van der Waals surface area contributed by atoms with Gasteiger partial charge in [0.1, 0.15) is 6.10 Å². The van der Waals surface area contributed by atoms with Gasteiger partial charge in [0.2, 0.25) is 0 Å². The number of aliphatic hydroxyl groups is 1. The molecule has 144 valence electrons. The van der Waals surface area contributed by atoms with E-state index in [1.807, 2.05) is 19.1 Å². The Hall–Kier alpha value is -2.04. The van der Waals surface area contributed by atoms with E-state index >= 15 is 0 Å². The molecule has 1 N–H and O–H groups in total. The fourth-order valence-corrected chi connectivity index (χ4v) is 3.01. The summed E-state index contributed by atoms with van der Waals surface area (Å²) in [6.07, 6.45) is 14.0. The molecule has 2 aliphatic heterocycles. The second kappa shape index (κ2) is 12.3. The third-order valence-corrected chi connectivity index (χ3v) is 4.45. The van der Waals surface area contributed by atoms with Crippen molar-refractivity contribution in [2.45, 2.75) is 25.9 Å². The second-order valence-corrected chi connectivity index (χ2v) is 6.01. The molecular weight excluding hydrogens is 326 g/mol. The van der Waals surface area contributed by atoms with Crippen LogP contribution in [-0.4, -0.2) is 49.5 Å². The summed E-state index contributed by atoms with van der Waals surface area (Å²) >= 11 is 0. The fraction of sp³-hybridized carbons (Fsp3) is 0.455. The van der Waals surface area contributed by atoms with Gasteiger partial charge in [-0.3, -0.25) is 0 Å². The lowest BCUT2D eigenvalue weighted by Crippen LogP contribution is -2.40. The molecule has 2 heterocycles. The Morgan fingerprint density at radius 2 is 2.00 bits per heavy atom. The number of rotatable bonds is 7. The zero-order valence-electron chi connectivity index (χ0n) is 16.2. The molecule has 2 rings (SSSR count). The summed E-state index contributed by atoms with van der Waals surface area (Å²) in [6, 6.07) is 0. The topological polar surface area (TPSA) is 41.9 Å². The average molecular weight is 360 g/mol. The summed E-state index contributed by atoms with van der Waals surface area (Å²) < 4.78 is 11.8. The highest BCUT2D eigenvalue weighted by atomic mass is 16.5. The van der Waals surface area contributed by atoms with Crippen LogP contribution < -0.4 is 0 Å². The Morgan fingerprint density at radius 1 is 1.31 bits per heavy atom. The van der Waals surface area contributed by atoms with Crippen molar-refractivity contribution < 1.29 is 14.6 Å². The molecule has 0 saturated carbocycles. The smallest absolute Gasteiger partial charge is 0.186 e. The largest absolute Gasteiger partial charge is 0.471 e. The Kier molecular flexibility index (Phi) is 10.4. The maximum Gasteiger partial charge on any atom is 0.186 e. The number of nitrogens with zero attached hydrogens (tertiary/aromatic N) is 1. The van der Waals surface area contributed by atoms with E-state index in [0.29, 0.717) is 0 Å². The highest BCUT2D eigenvalue weighted by molar-refractivity contribution is 5.41. The second-order valence-electron chi connectivity index (χ2n) is 6.01. The molecule has 0 radical (unpaired) electrons. The van der Waals surface area contributed by atoms with Gasteiger partial charge in [0, 0.05) is 26.1 Å². The van der Waals surface area contributed by atoms with Crippen molar-refractivity contribution in [1.29, 1.82) is 0 Å². The van der Waals surface area contributed by atoms with Crippen molar-refractivity contribution in [2.75, 3.05) is 33.4 Å². The molecule has 1 saturated heterocycles. The van der Waals surface area contributed by atoms with E-state index in [4.69, 9.17) is 14.6 Å². The van der Waals surface area contributed by atoms with Crippen LogP contribution in [0.1, 0.15) is 19.8 Å². The van der Waals surface area contributed by atoms with Gasteiger partial charge in [0.25, 0.3) is 0 Å². The van der Waals surface area contributed by atoms with Gasteiger partial charge in [0.05, 0.1) is 13.2 Å². The molecule has 2 unspecified atom stereocenters. The lowest BCUT2D eigenvalue weighted by molar-refractivity contribution is -0.0140. The molecule has 0 amide bonds. The first-order valence-electron chi connectivity index (χ1n) is 9.11. The van der Waals surface area contributed by atoms with E-state index in [1.54, 1.807) is 0 Å². The van der Waals surface area contributed by atoms with Crippen LogP contribution >= 0.6 is 0 Å². The van der Waals surface area contributed by atoms with E-state index in [9.17, 15) is 0 Å². The van der Waals surface area contributed by atoms with E-state index in [1.165, 1.54) is 0 Å². The van der Waals surface area contributed by atoms with Gasteiger partial charge < -0.3 is 19.5 Å². The summed E-state index contributed by atoms with van der Waals surface area (Å²) in [7, 11) is 1.00. The molecule has 26 heavy (non-hydrogen) atoms. The van der Waals surface area contributed by atoms with Crippen LogP contribution in [0.3, 0.4) is 0 Å². The van der Waals surface area contributed by atoms with Crippen LogP contribution in [0.2, 0.25) is 0 Å². The number of allylic oxidation sites excluding steroid dienone is 5. The van der Waals surface area contributed by atoms with Crippen LogP contribution in [0.15, 0.2) is 73.2 Å². The van der Waals surface area contributed by atoms with Crippen molar-refractivity contribution in [3.05, 3.63) is 73.2 Å².